The summed E-state index contributed by atoms with van der Waals surface area (Å²) >= 11 is 0. The van der Waals surface area contributed by atoms with Crippen LogP contribution in [0.3, 0.4) is 0 Å². The molecule has 10 heavy (non-hydrogen) atoms. The largest absolute Gasteiger partial charge is 0.378 e. The molecule has 0 bridgehead atoms. The van der Waals surface area contributed by atoms with Crippen LogP contribution in [0.4, 0.5) is 0 Å². The van der Waals surface area contributed by atoms with Crippen LogP contribution in [0.15, 0.2) is 0 Å². The summed E-state index contributed by atoms with van der Waals surface area (Å²) in [6.45, 7) is 8.73. The first-order chi connectivity index (χ1) is 4.61. The second-order valence-electron chi connectivity index (χ2n) is 4.25. The lowest BCUT2D eigenvalue weighted by Gasteiger charge is -2.23. The Bertz CT molecular complexity index is 140. The number of hydrogen-bond donors (Lipinski definition) is 0. The van der Waals surface area contributed by atoms with Gasteiger partial charge in [-0.1, -0.05) is 0 Å². The summed E-state index contributed by atoms with van der Waals surface area (Å²) in [5.74, 6) is 0. The van der Waals surface area contributed by atoms with Crippen molar-refractivity contribution < 1.29 is 4.74 Å². The molecule has 2 rings (SSSR count). The quantitative estimate of drug-likeness (QED) is 0.464. The van der Waals surface area contributed by atoms with E-state index in [1.54, 1.807) is 0 Å². The van der Waals surface area contributed by atoms with E-state index in [0.717, 1.165) is 25.3 Å². The molecular formula is C8H15NO. The molecule has 2 heterocycles. The lowest BCUT2D eigenvalue weighted by Crippen LogP contribution is -2.31. The number of rotatable bonds is 0. The molecule has 0 saturated carbocycles. The fourth-order valence-electron chi connectivity index (χ4n) is 2.02. The molecule has 2 unspecified atom stereocenters. The van der Waals surface area contributed by atoms with Crippen LogP contribution in [0, 0.1) is 0 Å². The zero-order valence-corrected chi connectivity index (χ0v) is 6.92. The van der Waals surface area contributed by atoms with Crippen LogP contribution >= 0.6 is 0 Å². The topological polar surface area (TPSA) is 12.2 Å². The third kappa shape index (κ3) is 0.789. The van der Waals surface area contributed by atoms with Gasteiger partial charge in [0, 0.05) is 5.54 Å². The van der Waals surface area contributed by atoms with Gasteiger partial charge in [0.1, 0.15) is 0 Å². The van der Waals surface area contributed by atoms with E-state index in [-0.39, 0.29) is 0 Å². The summed E-state index contributed by atoms with van der Waals surface area (Å²) in [4.78, 5) is 2.54. The summed E-state index contributed by atoms with van der Waals surface area (Å²) in [6, 6.07) is 1.50. The summed E-state index contributed by atoms with van der Waals surface area (Å²) < 4.78 is 5.29. The lowest BCUT2D eigenvalue weighted by atomic mass is 10.1. The summed E-state index contributed by atoms with van der Waals surface area (Å²) in [5, 5.41) is 0. The van der Waals surface area contributed by atoms with E-state index in [0.29, 0.717) is 5.54 Å². The zero-order chi connectivity index (χ0) is 7.35. The van der Waals surface area contributed by atoms with Gasteiger partial charge in [0.15, 0.2) is 0 Å². The maximum atomic E-state index is 5.29. The molecule has 0 aromatic rings. The normalized spacial score (nSPS) is 45.3. The molecule has 2 atom stereocenters. The Labute approximate surface area is 62.2 Å². The molecule has 58 valence electrons. The zero-order valence-electron chi connectivity index (χ0n) is 6.92. The second kappa shape index (κ2) is 1.74. The van der Waals surface area contributed by atoms with Gasteiger partial charge in [0.2, 0.25) is 0 Å². The predicted molar refractivity (Wildman–Crippen MR) is 40.0 cm³/mol. The van der Waals surface area contributed by atoms with E-state index in [1.165, 1.54) is 0 Å². The van der Waals surface area contributed by atoms with Crippen molar-refractivity contribution >= 4 is 0 Å². The molecule has 0 spiro atoms. The van der Waals surface area contributed by atoms with Gasteiger partial charge in [-0.05, 0) is 20.8 Å². The van der Waals surface area contributed by atoms with Gasteiger partial charge in [-0.3, -0.25) is 4.90 Å². The van der Waals surface area contributed by atoms with Crippen LogP contribution < -0.4 is 0 Å². The van der Waals surface area contributed by atoms with Gasteiger partial charge in [-0.2, -0.15) is 0 Å². The molecule has 0 aliphatic carbocycles. The van der Waals surface area contributed by atoms with Gasteiger partial charge >= 0.3 is 0 Å². The molecule has 2 aliphatic heterocycles. The molecule has 2 fully saturated rings. The van der Waals surface area contributed by atoms with Gasteiger partial charge < -0.3 is 4.74 Å². The molecule has 2 nitrogen and oxygen atoms in total. The number of ether oxygens (including phenoxy) is 1. The van der Waals surface area contributed by atoms with Crippen molar-refractivity contribution in [1.29, 1.82) is 0 Å². The van der Waals surface area contributed by atoms with Crippen LogP contribution in [-0.4, -0.2) is 35.7 Å². The maximum Gasteiger partial charge on any atom is 0.0639 e. The standard InChI is InChI=1S/C8H15NO/c1-8(2,3)9-6-4-10-5-7(6)9/h6-7H,4-5H2,1-3H3. The van der Waals surface area contributed by atoms with Gasteiger partial charge in [-0.15, -0.1) is 0 Å². The minimum Gasteiger partial charge on any atom is -0.378 e. The summed E-state index contributed by atoms with van der Waals surface area (Å²) in [7, 11) is 0. The Hall–Kier alpha value is -0.0800. The predicted octanol–water partition coefficient (Wildman–Crippen LogP) is 0.868. The van der Waals surface area contributed by atoms with Crippen molar-refractivity contribution in [3.05, 3.63) is 0 Å². The average molecular weight is 141 g/mol. The fraction of sp³-hybridized carbons (Fsp3) is 1.00. The number of fused-ring (bicyclic) bond motifs is 1. The smallest absolute Gasteiger partial charge is 0.0639 e. The number of morpholine rings is 1. The minimum absolute atomic E-state index is 0.360. The molecule has 0 aromatic heterocycles. The molecule has 2 saturated heterocycles. The maximum absolute atomic E-state index is 5.29. The first kappa shape index (κ1) is 6.62. The SMILES string of the molecule is CC(C)(C)N1C2COCC21. The Morgan fingerprint density at radius 3 is 2.00 bits per heavy atom. The molecule has 0 amide bonds. The highest BCUT2D eigenvalue weighted by Crippen LogP contribution is 2.40. The van der Waals surface area contributed by atoms with Gasteiger partial charge in [-0.25, -0.2) is 0 Å². The Balaban J connectivity index is 2.01. The minimum atomic E-state index is 0.360. The van der Waals surface area contributed by atoms with Crippen LogP contribution in [0.2, 0.25) is 0 Å². The monoisotopic (exact) mass is 141 g/mol. The van der Waals surface area contributed by atoms with Crippen LogP contribution in [-0.2, 0) is 4.74 Å². The fourth-order valence-corrected chi connectivity index (χ4v) is 2.02. The highest BCUT2D eigenvalue weighted by atomic mass is 16.5. The first-order valence-electron chi connectivity index (χ1n) is 3.97. The van der Waals surface area contributed by atoms with Crippen molar-refractivity contribution in [2.24, 2.45) is 0 Å². The molecule has 2 aliphatic rings. The molecule has 0 N–H and O–H groups in total. The number of hydrogen-bond acceptors (Lipinski definition) is 2. The van der Waals surface area contributed by atoms with Crippen molar-refractivity contribution in [3.63, 3.8) is 0 Å². The molecule has 0 radical (unpaired) electrons. The van der Waals surface area contributed by atoms with Crippen molar-refractivity contribution in [1.82, 2.24) is 4.90 Å². The van der Waals surface area contributed by atoms with E-state index in [4.69, 9.17) is 4.74 Å². The van der Waals surface area contributed by atoms with E-state index in [1.807, 2.05) is 0 Å². The highest BCUT2D eigenvalue weighted by Gasteiger charge is 2.56. The Morgan fingerprint density at radius 2 is 1.70 bits per heavy atom. The van der Waals surface area contributed by atoms with Crippen molar-refractivity contribution in [2.45, 2.75) is 38.4 Å². The first-order valence-corrected chi connectivity index (χ1v) is 3.97. The average Bonchev–Trinajstić information content (AvgIpc) is 2.30. The van der Waals surface area contributed by atoms with E-state index in [2.05, 4.69) is 25.7 Å². The van der Waals surface area contributed by atoms with Gasteiger partial charge in [0.05, 0.1) is 25.3 Å². The van der Waals surface area contributed by atoms with Crippen LogP contribution in [0.5, 0.6) is 0 Å². The van der Waals surface area contributed by atoms with Crippen molar-refractivity contribution in [2.75, 3.05) is 13.2 Å². The third-order valence-electron chi connectivity index (χ3n) is 2.42. The summed E-state index contributed by atoms with van der Waals surface area (Å²) in [5.41, 5.74) is 0.360. The summed E-state index contributed by atoms with van der Waals surface area (Å²) in [6.07, 6.45) is 0. The number of nitrogens with zero attached hydrogens (tertiary/aromatic N) is 1. The van der Waals surface area contributed by atoms with Crippen LogP contribution in [0.1, 0.15) is 20.8 Å². The van der Waals surface area contributed by atoms with E-state index < -0.39 is 0 Å². The van der Waals surface area contributed by atoms with E-state index >= 15 is 0 Å². The Morgan fingerprint density at radius 1 is 1.20 bits per heavy atom. The molecular weight excluding hydrogens is 126 g/mol. The molecule has 2 heteroatoms. The highest BCUT2D eigenvalue weighted by molar-refractivity contribution is 5.10. The Kier molecular flexibility index (Phi) is 1.15. The molecule has 0 aromatic carbocycles. The van der Waals surface area contributed by atoms with Crippen molar-refractivity contribution in [3.8, 4) is 0 Å². The van der Waals surface area contributed by atoms with E-state index in [9.17, 15) is 0 Å². The second-order valence-corrected chi connectivity index (χ2v) is 4.25. The lowest BCUT2D eigenvalue weighted by molar-refractivity contribution is 0.105. The van der Waals surface area contributed by atoms with Gasteiger partial charge in [0.25, 0.3) is 0 Å². The van der Waals surface area contributed by atoms with Crippen LogP contribution in [0.25, 0.3) is 0 Å². The third-order valence-corrected chi connectivity index (χ3v) is 2.42.